The van der Waals surface area contributed by atoms with Crippen LogP contribution in [0, 0.1) is 0 Å². The third-order valence-electron chi connectivity index (χ3n) is 4.81. The van der Waals surface area contributed by atoms with Gasteiger partial charge in [0.05, 0.1) is 6.10 Å². The minimum absolute atomic E-state index is 0.401. The molecule has 3 heteroatoms. The van der Waals surface area contributed by atoms with Gasteiger partial charge >= 0.3 is 0 Å². The van der Waals surface area contributed by atoms with Crippen LogP contribution in [0.25, 0.3) is 0 Å². The van der Waals surface area contributed by atoms with E-state index in [1.807, 2.05) is 7.11 Å². The maximum atomic E-state index is 5.94. The van der Waals surface area contributed by atoms with Crippen LogP contribution < -0.4 is 5.73 Å². The van der Waals surface area contributed by atoms with Crippen LogP contribution in [0.1, 0.15) is 29.9 Å². The minimum atomic E-state index is 0.401. The van der Waals surface area contributed by atoms with Gasteiger partial charge in [0.25, 0.3) is 0 Å². The van der Waals surface area contributed by atoms with Crippen LogP contribution in [0.4, 0.5) is 0 Å². The van der Waals surface area contributed by atoms with Crippen molar-refractivity contribution in [1.29, 1.82) is 0 Å². The summed E-state index contributed by atoms with van der Waals surface area (Å²) in [5.41, 5.74) is 9.02. The Labute approximate surface area is 115 Å². The normalized spacial score (nSPS) is 30.7. The zero-order valence-electron chi connectivity index (χ0n) is 11.7. The third-order valence-corrected chi connectivity index (χ3v) is 4.81. The molecular formula is C16H24N2O. The zero-order chi connectivity index (χ0) is 13.2. The number of hydrogen-bond donors (Lipinski definition) is 1. The fraction of sp³-hybridized carbons (Fsp3) is 0.625. The number of likely N-dealkylation sites (tertiary alicyclic amines) is 1. The van der Waals surface area contributed by atoms with E-state index in [9.17, 15) is 0 Å². The van der Waals surface area contributed by atoms with Gasteiger partial charge in [0.2, 0.25) is 0 Å². The molecule has 1 heterocycles. The van der Waals surface area contributed by atoms with Gasteiger partial charge in [-0.25, -0.2) is 0 Å². The molecule has 2 aliphatic rings. The number of fused-ring (bicyclic) bond motifs is 1. The molecule has 3 nitrogen and oxygen atoms in total. The Morgan fingerprint density at radius 2 is 2.21 bits per heavy atom. The molecule has 1 aliphatic carbocycles. The SMILES string of the molecule is COC1CCN(CC2Cc3ccccc32)C(CN)C1. The van der Waals surface area contributed by atoms with Crippen molar-refractivity contribution in [2.45, 2.75) is 37.3 Å². The molecule has 1 aromatic rings. The second kappa shape index (κ2) is 5.61. The van der Waals surface area contributed by atoms with E-state index in [2.05, 4.69) is 29.2 Å². The molecule has 1 fully saturated rings. The molecule has 1 saturated heterocycles. The molecule has 0 saturated carbocycles. The van der Waals surface area contributed by atoms with Crippen molar-refractivity contribution in [2.75, 3.05) is 26.7 Å². The molecule has 3 atom stereocenters. The fourth-order valence-corrected chi connectivity index (χ4v) is 3.57. The van der Waals surface area contributed by atoms with E-state index >= 15 is 0 Å². The van der Waals surface area contributed by atoms with Crippen LogP contribution in [0.15, 0.2) is 24.3 Å². The number of methoxy groups -OCH3 is 1. The molecule has 2 N–H and O–H groups in total. The van der Waals surface area contributed by atoms with Gasteiger partial charge in [0.1, 0.15) is 0 Å². The summed E-state index contributed by atoms with van der Waals surface area (Å²) >= 11 is 0. The molecule has 0 spiro atoms. The Morgan fingerprint density at radius 1 is 1.37 bits per heavy atom. The van der Waals surface area contributed by atoms with Gasteiger partial charge < -0.3 is 10.5 Å². The first-order chi connectivity index (χ1) is 9.31. The summed E-state index contributed by atoms with van der Waals surface area (Å²) in [5, 5.41) is 0. The average molecular weight is 260 g/mol. The molecule has 0 aromatic heterocycles. The third kappa shape index (κ3) is 2.55. The average Bonchev–Trinajstić information content (AvgIpc) is 2.44. The summed E-state index contributed by atoms with van der Waals surface area (Å²) in [4.78, 5) is 2.58. The van der Waals surface area contributed by atoms with Crippen molar-refractivity contribution in [3.63, 3.8) is 0 Å². The smallest absolute Gasteiger partial charge is 0.0599 e. The molecule has 3 unspecified atom stereocenters. The van der Waals surface area contributed by atoms with Crippen LogP contribution in [-0.4, -0.2) is 43.8 Å². The summed E-state index contributed by atoms with van der Waals surface area (Å²) in [6.45, 7) is 3.03. The highest BCUT2D eigenvalue weighted by molar-refractivity contribution is 5.40. The molecule has 0 bridgehead atoms. The Balaban J connectivity index is 1.61. The van der Waals surface area contributed by atoms with E-state index in [0.29, 0.717) is 18.1 Å². The van der Waals surface area contributed by atoms with E-state index in [4.69, 9.17) is 10.5 Å². The van der Waals surface area contributed by atoms with Gasteiger partial charge in [0.15, 0.2) is 0 Å². The Hall–Kier alpha value is -0.900. The molecule has 0 amide bonds. The molecule has 0 radical (unpaired) electrons. The summed E-state index contributed by atoms with van der Waals surface area (Å²) in [6, 6.07) is 9.32. The number of nitrogens with two attached hydrogens (primary N) is 1. The van der Waals surface area contributed by atoms with E-state index in [1.54, 1.807) is 5.56 Å². The summed E-state index contributed by atoms with van der Waals surface area (Å²) in [7, 11) is 1.82. The summed E-state index contributed by atoms with van der Waals surface area (Å²) in [6.07, 6.45) is 3.86. The van der Waals surface area contributed by atoms with Crippen LogP contribution in [0.3, 0.4) is 0 Å². The Bertz CT molecular complexity index is 435. The highest BCUT2D eigenvalue weighted by atomic mass is 16.5. The Morgan fingerprint density at radius 3 is 2.95 bits per heavy atom. The van der Waals surface area contributed by atoms with Gasteiger partial charge in [-0.05, 0) is 30.4 Å². The lowest BCUT2D eigenvalue weighted by atomic mass is 9.77. The van der Waals surface area contributed by atoms with Crippen molar-refractivity contribution >= 4 is 0 Å². The van der Waals surface area contributed by atoms with E-state index in [0.717, 1.165) is 32.5 Å². The van der Waals surface area contributed by atoms with Crippen molar-refractivity contribution in [2.24, 2.45) is 5.73 Å². The second-order valence-corrected chi connectivity index (χ2v) is 5.87. The monoisotopic (exact) mass is 260 g/mol. The second-order valence-electron chi connectivity index (χ2n) is 5.87. The van der Waals surface area contributed by atoms with Crippen molar-refractivity contribution in [3.8, 4) is 0 Å². The van der Waals surface area contributed by atoms with E-state index in [-0.39, 0.29) is 0 Å². The van der Waals surface area contributed by atoms with Gasteiger partial charge in [-0.2, -0.15) is 0 Å². The summed E-state index contributed by atoms with van der Waals surface area (Å²) < 4.78 is 5.49. The highest BCUT2D eigenvalue weighted by Crippen LogP contribution is 2.36. The number of rotatable bonds is 4. The summed E-state index contributed by atoms with van der Waals surface area (Å²) in [5.74, 6) is 0.712. The molecule has 1 aliphatic heterocycles. The number of benzene rings is 1. The zero-order valence-corrected chi connectivity index (χ0v) is 11.7. The van der Waals surface area contributed by atoms with Crippen LogP contribution in [-0.2, 0) is 11.2 Å². The first-order valence-electron chi connectivity index (χ1n) is 7.36. The lowest BCUT2D eigenvalue weighted by Gasteiger charge is -2.42. The maximum Gasteiger partial charge on any atom is 0.0599 e. The lowest BCUT2D eigenvalue weighted by Crippen LogP contribution is -2.50. The van der Waals surface area contributed by atoms with Crippen LogP contribution in [0.5, 0.6) is 0 Å². The predicted molar refractivity (Wildman–Crippen MR) is 77.3 cm³/mol. The number of piperidine rings is 1. The standard InChI is InChI=1S/C16H24N2O/c1-19-15-6-7-18(14(9-15)10-17)11-13-8-12-4-2-3-5-16(12)13/h2-5,13-15H,6-11,17H2,1H3. The van der Waals surface area contributed by atoms with Crippen molar-refractivity contribution in [3.05, 3.63) is 35.4 Å². The van der Waals surface area contributed by atoms with Gasteiger partial charge in [-0.1, -0.05) is 24.3 Å². The lowest BCUT2D eigenvalue weighted by molar-refractivity contribution is 0.0104. The van der Waals surface area contributed by atoms with E-state index in [1.165, 1.54) is 12.0 Å². The molecule has 104 valence electrons. The molecular weight excluding hydrogens is 236 g/mol. The number of nitrogens with zero attached hydrogens (tertiary/aromatic N) is 1. The predicted octanol–water partition coefficient (Wildman–Crippen LogP) is 1.76. The fourth-order valence-electron chi connectivity index (χ4n) is 3.57. The van der Waals surface area contributed by atoms with Crippen LogP contribution >= 0.6 is 0 Å². The van der Waals surface area contributed by atoms with Crippen molar-refractivity contribution in [1.82, 2.24) is 4.90 Å². The quantitative estimate of drug-likeness (QED) is 0.896. The highest BCUT2D eigenvalue weighted by Gasteiger charge is 2.32. The molecule has 3 rings (SSSR count). The first-order valence-corrected chi connectivity index (χ1v) is 7.36. The number of hydrogen-bond acceptors (Lipinski definition) is 3. The minimum Gasteiger partial charge on any atom is -0.381 e. The number of ether oxygens (including phenoxy) is 1. The topological polar surface area (TPSA) is 38.5 Å². The maximum absolute atomic E-state index is 5.94. The largest absolute Gasteiger partial charge is 0.381 e. The molecule has 1 aromatic carbocycles. The Kier molecular flexibility index (Phi) is 3.87. The van der Waals surface area contributed by atoms with Gasteiger partial charge in [-0.15, -0.1) is 0 Å². The van der Waals surface area contributed by atoms with Gasteiger partial charge in [-0.3, -0.25) is 4.90 Å². The van der Waals surface area contributed by atoms with Crippen molar-refractivity contribution < 1.29 is 4.74 Å². The van der Waals surface area contributed by atoms with Crippen LogP contribution in [0.2, 0.25) is 0 Å². The molecule has 19 heavy (non-hydrogen) atoms. The van der Waals surface area contributed by atoms with Gasteiger partial charge in [0, 0.05) is 38.7 Å². The first kappa shape index (κ1) is 13.1. The van der Waals surface area contributed by atoms with E-state index < -0.39 is 0 Å².